The van der Waals surface area contributed by atoms with Gasteiger partial charge in [-0.1, -0.05) is 19.8 Å². The molecule has 0 saturated heterocycles. The summed E-state index contributed by atoms with van der Waals surface area (Å²) in [4.78, 5) is 0. The van der Waals surface area contributed by atoms with Gasteiger partial charge in [-0.15, -0.1) is 0 Å². The highest BCUT2D eigenvalue weighted by Crippen LogP contribution is 2.35. The molecule has 1 heterocycles. The minimum Gasteiger partial charge on any atom is -0.268 e. The van der Waals surface area contributed by atoms with Crippen molar-refractivity contribution in [2.45, 2.75) is 64.0 Å². The molecule has 0 spiro atoms. The molecular weight excluding hydrogens is 308 g/mol. The number of aryl methyl sites for hydroxylation is 2. The molecule has 0 aliphatic heterocycles. The average Bonchev–Trinajstić information content (AvgIpc) is 2.63. The molecule has 2 unspecified atom stereocenters. The topological polar surface area (TPSA) is 17.8 Å². The molecule has 4 heteroatoms. The van der Waals surface area contributed by atoms with E-state index in [0.29, 0.717) is 0 Å². The van der Waals surface area contributed by atoms with Crippen molar-refractivity contribution in [1.82, 2.24) is 9.78 Å². The number of hydrogen-bond acceptors (Lipinski definition) is 2. The van der Waals surface area contributed by atoms with E-state index in [9.17, 15) is 0 Å². The minimum absolute atomic E-state index is 0.848. The van der Waals surface area contributed by atoms with Crippen LogP contribution in [-0.4, -0.2) is 15.0 Å². The van der Waals surface area contributed by atoms with Gasteiger partial charge in [-0.3, -0.25) is 4.68 Å². The van der Waals surface area contributed by atoms with Crippen LogP contribution in [0, 0.1) is 12.8 Å². The monoisotopic (exact) mass is 330 g/mol. The smallest absolute Gasteiger partial charge is 0.0739 e. The number of halogens is 1. The molecular formula is C14H23BrN2S. The van der Waals surface area contributed by atoms with Crippen LogP contribution < -0.4 is 0 Å². The molecule has 0 N–H and O–H groups in total. The maximum Gasteiger partial charge on any atom is 0.0739 e. The second-order valence-corrected chi connectivity index (χ2v) is 7.45. The second-order valence-electron chi connectivity index (χ2n) is 5.37. The van der Waals surface area contributed by atoms with E-state index in [2.05, 4.69) is 58.2 Å². The van der Waals surface area contributed by atoms with Gasteiger partial charge >= 0.3 is 0 Å². The lowest BCUT2D eigenvalue weighted by Gasteiger charge is -2.26. The third kappa shape index (κ3) is 3.32. The van der Waals surface area contributed by atoms with Crippen molar-refractivity contribution >= 4 is 27.7 Å². The molecule has 1 fully saturated rings. The zero-order valence-electron chi connectivity index (χ0n) is 11.6. The number of nitrogens with zero attached hydrogens (tertiary/aromatic N) is 2. The summed E-state index contributed by atoms with van der Waals surface area (Å²) in [6.45, 7) is 7.59. The third-order valence-corrected chi connectivity index (χ3v) is 6.17. The molecule has 0 aromatic carbocycles. The Morgan fingerprint density at radius 1 is 1.44 bits per heavy atom. The predicted octanol–water partition coefficient (Wildman–Crippen LogP) is 4.79. The van der Waals surface area contributed by atoms with Gasteiger partial charge in [0.1, 0.15) is 0 Å². The molecule has 1 aliphatic rings. The fourth-order valence-corrected chi connectivity index (χ4v) is 4.83. The number of aromatic nitrogens is 2. The van der Waals surface area contributed by atoms with Gasteiger partial charge in [0.15, 0.2) is 0 Å². The molecule has 0 bridgehead atoms. The van der Waals surface area contributed by atoms with Crippen molar-refractivity contribution in [2.24, 2.45) is 5.92 Å². The van der Waals surface area contributed by atoms with Gasteiger partial charge in [0.2, 0.25) is 0 Å². The zero-order chi connectivity index (χ0) is 13.1. The van der Waals surface area contributed by atoms with Crippen LogP contribution in [0.4, 0.5) is 0 Å². The van der Waals surface area contributed by atoms with Crippen LogP contribution in [0.5, 0.6) is 0 Å². The van der Waals surface area contributed by atoms with Crippen LogP contribution in [0.2, 0.25) is 0 Å². The van der Waals surface area contributed by atoms with Crippen LogP contribution in [0.15, 0.2) is 4.47 Å². The molecule has 0 amide bonds. The van der Waals surface area contributed by atoms with E-state index >= 15 is 0 Å². The van der Waals surface area contributed by atoms with E-state index in [1.165, 1.54) is 35.8 Å². The fourth-order valence-electron chi connectivity index (χ4n) is 2.73. The first kappa shape index (κ1) is 14.4. The number of hydrogen-bond donors (Lipinski definition) is 0. The van der Waals surface area contributed by atoms with Gasteiger partial charge in [0, 0.05) is 17.5 Å². The SMILES string of the molecule is CCn1nc(C)c(Br)c1CSC1CCCC(C)C1. The highest BCUT2D eigenvalue weighted by molar-refractivity contribution is 9.10. The van der Waals surface area contributed by atoms with Crippen molar-refractivity contribution in [1.29, 1.82) is 0 Å². The highest BCUT2D eigenvalue weighted by Gasteiger charge is 2.20. The molecule has 1 aromatic heterocycles. The van der Waals surface area contributed by atoms with Gasteiger partial charge in [0.25, 0.3) is 0 Å². The van der Waals surface area contributed by atoms with Crippen molar-refractivity contribution in [2.75, 3.05) is 0 Å². The normalized spacial score (nSPS) is 24.4. The Morgan fingerprint density at radius 2 is 2.22 bits per heavy atom. The standard InChI is InChI=1S/C14H23BrN2S/c1-4-17-13(14(15)11(3)16-17)9-18-12-7-5-6-10(2)8-12/h10,12H,4-9H2,1-3H3. The molecule has 18 heavy (non-hydrogen) atoms. The minimum atomic E-state index is 0.848. The first-order valence-electron chi connectivity index (χ1n) is 6.95. The zero-order valence-corrected chi connectivity index (χ0v) is 14.0. The first-order chi connectivity index (χ1) is 8.61. The Morgan fingerprint density at radius 3 is 2.89 bits per heavy atom. The summed E-state index contributed by atoms with van der Waals surface area (Å²) < 4.78 is 3.35. The van der Waals surface area contributed by atoms with Crippen molar-refractivity contribution in [3.05, 3.63) is 15.9 Å². The number of thioether (sulfide) groups is 1. The van der Waals surface area contributed by atoms with Gasteiger partial charge in [-0.05, 0) is 48.5 Å². The van der Waals surface area contributed by atoms with Gasteiger partial charge < -0.3 is 0 Å². The average molecular weight is 331 g/mol. The molecule has 1 aliphatic carbocycles. The molecule has 0 radical (unpaired) electrons. The summed E-state index contributed by atoms with van der Waals surface area (Å²) >= 11 is 5.80. The fraction of sp³-hybridized carbons (Fsp3) is 0.786. The Labute approximate surface area is 123 Å². The summed E-state index contributed by atoms with van der Waals surface area (Å²) in [6.07, 6.45) is 5.62. The lowest BCUT2D eigenvalue weighted by Crippen LogP contribution is -2.15. The van der Waals surface area contributed by atoms with E-state index < -0.39 is 0 Å². The summed E-state index contributed by atoms with van der Waals surface area (Å²) in [7, 11) is 0. The van der Waals surface area contributed by atoms with Crippen molar-refractivity contribution in [3.8, 4) is 0 Å². The van der Waals surface area contributed by atoms with Crippen LogP contribution in [0.3, 0.4) is 0 Å². The van der Waals surface area contributed by atoms with Gasteiger partial charge in [-0.25, -0.2) is 0 Å². The van der Waals surface area contributed by atoms with E-state index in [1.807, 2.05) is 0 Å². The molecule has 1 aromatic rings. The summed E-state index contributed by atoms with van der Waals surface area (Å²) in [5.41, 5.74) is 2.47. The van der Waals surface area contributed by atoms with E-state index in [1.54, 1.807) is 0 Å². The highest BCUT2D eigenvalue weighted by atomic mass is 79.9. The van der Waals surface area contributed by atoms with E-state index in [0.717, 1.165) is 29.2 Å². The maximum absolute atomic E-state index is 4.56. The van der Waals surface area contributed by atoms with Gasteiger partial charge in [-0.2, -0.15) is 16.9 Å². The maximum atomic E-state index is 4.56. The lowest BCUT2D eigenvalue weighted by molar-refractivity contribution is 0.394. The molecule has 102 valence electrons. The van der Waals surface area contributed by atoms with E-state index in [4.69, 9.17) is 0 Å². The summed E-state index contributed by atoms with van der Waals surface area (Å²) in [5.74, 6) is 2.00. The Bertz CT molecular complexity index is 403. The lowest BCUT2D eigenvalue weighted by atomic mass is 9.91. The van der Waals surface area contributed by atoms with Crippen LogP contribution in [0.25, 0.3) is 0 Å². The van der Waals surface area contributed by atoms with Crippen molar-refractivity contribution in [3.63, 3.8) is 0 Å². The largest absolute Gasteiger partial charge is 0.268 e. The second kappa shape index (κ2) is 6.47. The van der Waals surface area contributed by atoms with E-state index in [-0.39, 0.29) is 0 Å². The number of rotatable bonds is 4. The molecule has 2 rings (SSSR count). The Hall–Kier alpha value is 0.0400. The van der Waals surface area contributed by atoms with Crippen molar-refractivity contribution < 1.29 is 0 Å². The Kier molecular flexibility index (Phi) is 5.19. The third-order valence-electron chi connectivity index (χ3n) is 3.80. The summed E-state index contributed by atoms with van der Waals surface area (Å²) in [5, 5.41) is 5.41. The van der Waals surface area contributed by atoms with Crippen LogP contribution >= 0.6 is 27.7 Å². The predicted molar refractivity (Wildman–Crippen MR) is 83.1 cm³/mol. The molecule has 2 atom stereocenters. The van der Waals surface area contributed by atoms with Crippen LogP contribution in [0.1, 0.15) is 50.9 Å². The summed E-state index contributed by atoms with van der Waals surface area (Å²) in [6, 6.07) is 0. The quantitative estimate of drug-likeness (QED) is 0.790. The molecule has 2 nitrogen and oxygen atoms in total. The van der Waals surface area contributed by atoms with Gasteiger partial charge in [0.05, 0.1) is 15.9 Å². The molecule has 1 saturated carbocycles. The Balaban J connectivity index is 1.97. The first-order valence-corrected chi connectivity index (χ1v) is 8.79. The van der Waals surface area contributed by atoms with Crippen LogP contribution in [-0.2, 0) is 12.3 Å².